The Balaban J connectivity index is 0.000000948. The van der Waals surface area contributed by atoms with Crippen molar-refractivity contribution >= 4 is 5.91 Å². The van der Waals surface area contributed by atoms with Crippen LogP contribution in [0.15, 0.2) is 18.2 Å². The lowest BCUT2D eigenvalue weighted by Crippen LogP contribution is -2.67. The van der Waals surface area contributed by atoms with Crippen LogP contribution in [-0.2, 0) is 10.3 Å². The smallest absolute Gasteiger partial charge is 0.272 e. The van der Waals surface area contributed by atoms with Crippen LogP contribution in [-0.4, -0.2) is 60.1 Å². The van der Waals surface area contributed by atoms with E-state index in [1.54, 1.807) is 0 Å². The summed E-state index contributed by atoms with van der Waals surface area (Å²) in [6.07, 6.45) is 2.21. The molecule has 26 heavy (non-hydrogen) atoms. The molecule has 1 aromatic heterocycles. The molecule has 3 aliphatic heterocycles. The molecule has 4 rings (SSSR count). The second kappa shape index (κ2) is 8.05. The first kappa shape index (κ1) is 19.3. The maximum absolute atomic E-state index is 12.6. The molecule has 5 heteroatoms. The lowest BCUT2D eigenvalue weighted by molar-refractivity contribution is -0.185. The zero-order chi connectivity index (χ0) is 18.7. The number of amides is 1. The number of aromatic nitrogens is 1. The number of rotatable bonds is 4. The third-order valence-electron chi connectivity index (χ3n) is 5.98. The van der Waals surface area contributed by atoms with E-state index in [0.29, 0.717) is 18.9 Å². The van der Waals surface area contributed by atoms with Crippen LogP contribution in [0.1, 0.15) is 56.7 Å². The Morgan fingerprint density at radius 1 is 1.19 bits per heavy atom. The van der Waals surface area contributed by atoms with Crippen LogP contribution in [0.2, 0.25) is 0 Å². The quantitative estimate of drug-likeness (QED) is 0.828. The number of ether oxygens (including phenoxy) is 1. The molecule has 0 N–H and O–H groups in total. The molecule has 0 unspecified atom stereocenters. The first-order valence-electron chi connectivity index (χ1n) is 10.2. The highest BCUT2D eigenvalue weighted by Gasteiger charge is 2.51. The average Bonchev–Trinajstić information content (AvgIpc) is 3.11. The van der Waals surface area contributed by atoms with Crippen LogP contribution in [0.4, 0.5) is 0 Å². The van der Waals surface area contributed by atoms with Gasteiger partial charge in [-0.1, -0.05) is 33.8 Å². The number of carbonyl (C=O) groups is 1. The van der Waals surface area contributed by atoms with Gasteiger partial charge in [0.15, 0.2) is 0 Å². The molecule has 1 aromatic rings. The van der Waals surface area contributed by atoms with Crippen molar-refractivity contribution in [3.05, 3.63) is 29.6 Å². The summed E-state index contributed by atoms with van der Waals surface area (Å²) in [6, 6.07) is 5.89. The Bertz CT molecular complexity index is 615. The van der Waals surface area contributed by atoms with E-state index in [1.807, 2.05) is 30.9 Å². The zero-order valence-electron chi connectivity index (χ0n) is 16.7. The number of carbonyl (C=O) groups excluding carboxylic acids is 1. The topological polar surface area (TPSA) is 45.7 Å². The molecule has 3 aliphatic rings. The van der Waals surface area contributed by atoms with E-state index in [4.69, 9.17) is 9.72 Å². The van der Waals surface area contributed by atoms with Gasteiger partial charge in [-0.3, -0.25) is 9.69 Å². The highest BCUT2D eigenvalue weighted by molar-refractivity contribution is 5.92. The van der Waals surface area contributed by atoms with Gasteiger partial charge in [0.2, 0.25) is 0 Å². The predicted molar refractivity (Wildman–Crippen MR) is 103 cm³/mol. The maximum atomic E-state index is 12.6. The van der Waals surface area contributed by atoms with Crippen molar-refractivity contribution in [2.24, 2.45) is 11.8 Å². The van der Waals surface area contributed by atoms with Crippen LogP contribution >= 0.6 is 0 Å². The molecule has 0 radical (unpaired) electrons. The summed E-state index contributed by atoms with van der Waals surface area (Å²) >= 11 is 0. The van der Waals surface area contributed by atoms with Gasteiger partial charge in [-0.2, -0.15) is 0 Å². The predicted octanol–water partition coefficient (Wildman–Crippen LogP) is 3.16. The molecule has 0 saturated carbocycles. The standard InChI is InChI=1S/C19H27N3O2.C2H6/c1-14(2)15-10-22(11-15)19(12-24-13-19)17-7-5-6-16(20-17)18(23)21-8-3-4-9-21;1-2/h5-7,14-15H,3-4,8-13H2,1-2H3;1-2H3. The van der Waals surface area contributed by atoms with E-state index in [1.165, 1.54) is 0 Å². The fourth-order valence-corrected chi connectivity index (χ4v) is 3.97. The molecule has 1 amide bonds. The van der Waals surface area contributed by atoms with Gasteiger partial charge in [0.1, 0.15) is 11.2 Å². The molecule has 0 aromatic carbocycles. The summed E-state index contributed by atoms with van der Waals surface area (Å²) in [5, 5.41) is 0. The fraction of sp³-hybridized carbons (Fsp3) is 0.714. The number of likely N-dealkylation sites (tertiary alicyclic amines) is 2. The zero-order valence-corrected chi connectivity index (χ0v) is 16.7. The summed E-state index contributed by atoms with van der Waals surface area (Å²) in [4.78, 5) is 21.8. The summed E-state index contributed by atoms with van der Waals surface area (Å²) in [7, 11) is 0. The van der Waals surface area contributed by atoms with Crippen molar-refractivity contribution < 1.29 is 9.53 Å². The summed E-state index contributed by atoms with van der Waals surface area (Å²) in [5.41, 5.74) is 1.47. The van der Waals surface area contributed by atoms with Gasteiger partial charge < -0.3 is 9.64 Å². The minimum Gasteiger partial charge on any atom is -0.377 e. The number of hydrogen-bond acceptors (Lipinski definition) is 4. The molecule has 144 valence electrons. The summed E-state index contributed by atoms with van der Waals surface area (Å²) in [5.74, 6) is 1.56. The molecule has 0 spiro atoms. The minimum absolute atomic E-state index is 0.0772. The SMILES string of the molecule is CC.CC(C)C1CN(C2(c3cccc(C(=O)N4CCCC4)n3)COC2)C1. The second-order valence-corrected chi connectivity index (χ2v) is 7.84. The van der Waals surface area contributed by atoms with Gasteiger partial charge >= 0.3 is 0 Å². The van der Waals surface area contributed by atoms with E-state index < -0.39 is 0 Å². The van der Waals surface area contributed by atoms with E-state index in [0.717, 1.165) is 56.6 Å². The molecule has 5 nitrogen and oxygen atoms in total. The van der Waals surface area contributed by atoms with E-state index >= 15 is 0 Å². The van der Waals surface area contributed by atoms with Gasteiger partial charge in [-0.25, -0.2) is 4.98 Å². The third kappa shape index (κ3) is 3.39. The van der Waals surface area contributed by atoms with Gasteiger partial charge in [-0.05, 0) is 36.8 Å². The molecule has 0 bridgehead atoms. The summed E-state index contributed by atoms with van der Waals surface area (Å²) < 4.78 is 5.57. The fourth-order valence-electron chi connectivity index (χ4n) is 3.97. The lowest BCUT2D eigenvalue weighted by Gasteiger charge is -2.56. The highest BCUT2D eigenvalue weighted by Crippen LogP contribution is 2.41. The Hall–Kier alpha value is -1.46. The van der Waals surface area contributed by atoms with Crippen molar-refractivity contribution in [3.8, 4) is 0 Å². The van der Waals surface area contributed by atoms with Crippen molar-refractivity contribution in [2.75, 3.05) is 39.4 Å². The molecule has 3 fully saturated rings. The molecule has 0 aliphatic carbocycles. The van der Waals surface area contributed by atoms with Crippen molar-refractivity contribution in [1.82, 2.24) is 14.8 Å². The lowest BCUT2D eigenvalue weighted by atomic mass is 9.80. The van der Waals surface area contributed by atoms with Crippen LogP contribution in [0.3, 0.4) is 0 Å². The van der Waals surface area contributed by atoms with Crippen LogP contribution < -0.4 is 0 Å². The first-order valence-corrected chi connectivity index (χ1v) is 10.2. The number of hydrogen-bond donors (Lipinski definition) is 0. The maximum Gasteiger partial charge on any atom is 0.272 e. The Morgan fingerprint density at radius 2 is 1.85 bits per heavy atom. The molecular formula is C21H33N3O2. The summed E-state index contributed by atoms with van der Waals surface area (Å²) in [6.45, 7) is 13.9. The molecule has 4 heterocycles. The van der Waals surface area contributed by atoms with Crippen LogP contribution in [0, 0.1) is 11.8 Å². The largest absolute Gasteiger partial charge is 0.377 e. The van der Waals surface area contributed by atoms with Gasteiger partial charge in [0, 0.05) is 26.2 Å². The Kier molecular flexibility index (Phi) is 5.98. The van der Waals surface area contributed by atoms with Crippen molar-refractivity contribution in [1.29, 1.82) is 0 Å². The Morgan fingerprint density at radius 3 is 2.38 bits per heavy atom. The van der Waals surface area contributed by atoms with Gasteiger partial charge in [-0.15, -0.1) is 0 Å². The molecule has 3 saturated heterocycles. The van der Waals surface area contributed by atoms with Crippen LogP contribution in [0.5, 0.6) is 0 Å². The number of nitrogens with zero attached hydrogens (tertiary/aromatic N) is 3. The minimum atomic E-state index is -0.118. The third-order valence-corrected chi connectivity index (χ3v) is 5.98. The van der Waals surface area contributed by atoms with Crippen molar-refractivity contribution in [2.45, 2.75) is 46.1 Å². The van der Waals surface area contributed by atoms with Gasteiger partial charge in [0.25, 0.3) is 5.91 Å². The van der Waals surface area contributed by atoms with E-state index in [-0.39, 0.29) is 11.4 Å². The molecule has 0 atom stereocenters. The van der Waals surface area contributed by atoms with E-state index in [2.05, 4.69) is 24.8 Å². The van der Waals surface area contributed by atoms with Gasteiger partial charge in [0.05, 0.1) is 18.9 Å². The number of pyridine rings is 1. The van der Waals surface area contributed by atoms with Crippen LogP contribution in [0.25, 0.3) is 0 Å². The first-order chi connectivity index (χ1) is 12.6. The second-order valence-electron chi connectivity index (χ2n) is 7.84. The Labute approximate surface area is 157 Å². The molecular weight excluding hydrogens is 326 g/mol. The normalized spacial score (nSPS) is 22.4. The highest BCUT2D eigenvalue weighted by atomic mass is 16.5. The average molecular weight is 360 g/mol. The monoisotopic (exact) mass is 359 g/mol. The van der Waals surface area contributed by atoms with Crippen molar-refractivity contribution in [3.63, 3.8) is 0 Å². The van der Waals surface area contributed by atoms with E-state index in [9.17, 15) is 4.79 Å².